The van der Waals surface area contributed by atoms with Gasteiger partial charge in [0.1, 0.15) is 12.5 Å². The maximum atomic E-state index is 12.1. The van der Waals surface area contributed by atoms with E-state index >= 15 is 0 Å². The van der Waals surface area contributed by atoms with Crippen molar-refractivity contribution in [2.75, 3.05) is 32.1 Å². The van der Waals surface area contributed by atoms with Crippen molar-refractivity contribution in [2.45, 2.75) is 20.0 Å². The molecule has 0 bridgehead atoms. The number of alkyl halides is 1. The standard InChI is InChI=1S/C17H23ClN2O3/c1-2-19(16(21)10-18)11-15-8-9-20(12-15)17(22)23-13-14-6-4-3-5-7-14/h3-7,15H,2,8-13H2,1H3/t15-/m0/s1. The molecule has 1 atom stereocenters. The summed E-state index contributed by atoms with van der Waals surface area (Å²) in [5.41, 5.74) is 0.974. The van der Waals surface area contributed by atoms with E-state index in [-0.39, 0.29) is 30.4 Å². The number of amides is 2. The number of carbonyl (C=O) groups is 2. The molecule has 6 heteroatoms. The molecule has 126 valence electrons. The summed E-state index contributed by atoms with van der Waals surface area (Å²) in [7, 11) is 0. The predicted molar refractivity (Wildman–Crippen MR) is 89.3 cm³/mol. The van der Waals surface area contributed by atoms with Crippen molar-refractivity contribution in [2.24, 2.45) is 5.92 Å². The van der Waals surface area contributed by atoms with E-state index in [2.05, 4.69) is 0 Å². The maximum absolute atomic E-state index is 12.1. The minimum absolute atomic E-state index is 0.00336. The molecule has 1 aliphatic heterocycles. The molecule has 23 heavy (non-hydrogen) atoms. The number of ether oxygens (including phenoxy) is 1. The van der Waals surface area contributed by atoms with Crippen LogP contribution < -0.4 is 0 Å². The van der Waals surface area contributed by atoms with E-state index in [1.165, 1.54) is 0 Å². The van der Waals surface area contributed by atoms with E-state index in [0.29, 0.717) is 26.2 Å². The summed E-state index contributed by atoms with van der Waals surface area (Å²) in [6, 6.07) is 9.62. The average Bonchev–Trinajstić information content (AvgIpc) is 3.06. The smallest absolute Gasteiger partial charge is 0.410 e. The molecular weight excluding hydrogens is 316 g/mol. The molecule has 1 aromatic carbocycles. The summed E-state index contributed by atoms with van der Waals surface area (Å²) in [5, 5.41) is 0. The van der Waals surface area contributed by atoms with Crippen LogP contribution in [0.25, 0.3) is 0 Å². The number of halogens is 1. The first-order valence-electron chi connectivity index (χ1n) is 7.93. The van der Waals surface area contributed by atoms with Crippen LogP contribution in [0.15, 0.2) is 30.3 Å². The van der Waals surface area contributed by atoms with Gasteiger partial charge < -0.3 is 14.5 Å². The molecule has 2 rings (SSSR count). The van der Waals surface area contributed by atoms with E-state index in [9.17, 15) is 9.59 Å². The quantitative estimate of drug-likeness (QED) is 0.749. The third-order valence-electron chi connectivity index (χ3n) is 4.08. The highest BCUT2D eigenvalue weighted by Crippen LogP contribution is 2.19. The molecular formula is C17H23ClN2O3. The molecule has 2 amide bonds. The molecule has 0 N–H and O–H groups in total. The van der Waals surface area contributed by atoms with Crippen molar-refractivity contribution >= 4 is 23.6 Å². The highest BCUT2D eigenvalue weighted by molar-refractivity contribution is 6.27. The second kappa shape index (κ2) is 8.77. The largest absolute Gasteiger partial charge is 0.445 e. The van der Waals surface area contributed by atoms with E-state index in [0.717, 1.165) is 12.0 Å². The van der Waals surface area contributed by atoms with Crippen LogP contribution in [-0.2, 0) is 16.1 Å². The Labute approximate surface area is 142 Å². The topological polar surface area (TPSA) is 49.9 Å². The van der Waals surface area contributed by atoms with Gasteiger partial charge in [0.25, 0.3) is 0 Å². The maximum Gasteiger partial charge on any atom is 0.410 e. The summed E-state index contributed by atoms with van der Waals surface area (Å²) < 4.78 is 5.35. The highest BCUT2D eigenvalue weighted by atomic mass is 35.5. The van der Waals surface area contributed by atoms with Crippen LogP contribution in [0.5, 0.6) is 0 Å². The number of hydrogen-bond acceptors (Lipinski definition) is 3. The third kappa shape index (κ3) is 5.13. The Kier molecular flexibility index (Phi) is 6.71. The van der Waals surface area contributed by atoms with E-state index in [1.807, 2.05) is 37.3 Å². The fourth-order valence-electron chi connectivity index (χ4n) is 2.76. The van der Waals surface area contributed by atoms with Crippen molar-refractivity contribution in [3.05, 3.63) is 35.9 Å². The summed E-state index contributed by atoms with van der Waals surface area (Å²) in [4.78, 5) is 27.3. The van der Waals surface area contributed by atoms with E-state index in [1.54, 1.807) is 9.80 Å². The normalized spacial score (nSPS) is 17.1. The average molecular weight is 339 g/mol. The Balaban J connectivity index is 1.77. The molecule has 1 heterocycles. The fourth-order valence-corrected chi connectivity index (χ4v) is 2.93. The van der Waals surface area contributed by atoms with Crippen LogP contribution >= 0.6 is 11.6 Å². The first kappa shape index (κ1) is 17.6. The molecule has 5 nitrogen and oxygen atoms in total. The van der Waals surface area contributed by atoms with Crippen LogP contribution in [0.4, 0.5) is 4.79 Å². The van der Waals surface area contributed by atoms with Gasteiger partial charge in [-0.15, -0.1) is 11.6 Å². The Hall–Kier alpha value is -1.75. The predicted octanol–water partition coefficient (Wildman–Crippen LogP) is 2.73. The molecule has 0 aromatic heterocycles. The van der Waals surface area contributed by atoms with Gasteiger partial charge in [-0.3, -0.25) is 4.79 Å². The number of benzene rings is 1. The summed E-state index contributed by atoms with van der Waals surface area (Å²) in [6.45, 7) is 4.80. The highest BCUT2D eigenvalue weighted by Gasteiger charge is 2.29. The first-order valence-corrected chi connectivity index (χ1v) is 8.46. The number of nitrogens with zero attached hydrogens (tertiary/aromatic N) is 2. The van der Waals surface area contributed by atoms with Crippen LogP contribution in [0.1, 0.15) is 18.9 Å². The first-order chi connectivity index (χ1) is 11.1. The zero-order valence-corrected chi connectivity index (χ0v) is 14.2. The lowest BCUT2D eigenvalue weighted by Crippen LogP contribution is -2.37. The van der Waals surface area contributed by atoms with Crippen molar-refractivity contribution in [1.29, 1.82) is 0 Å². The van der Waals surface area contributed by atoms with E-state index < -0.39 is 0 Å². The van der Waals surface area contributed by atoms with Gasteiger partial charge in [0, 0.05) is 26.2 Å². The van der Waals surface area contributed by atoms with Crippen molar-refractivity contribution in [3.8, 4) is 0 Å². The molecule has 0 radical (unpaired) electrons. The molecule has 0 unspecified atom stereocenters. The van der Waals surface area contributed by atoms with Crippen molar-refractivity contribution in [1.82, 2.24) is 9.80 Å². The van der Waals surface area contributed by atoms with Crippen molar-refractivity contribution in [3.63, 3.8) is 0 Å². The van der Waals surface area contributed by atoms with Gasteiger partial charge in [-0.2, -0.15) is 0 Å². The molecule has 0 saturated carbocycles. The molecule has 0 spiro atoms. The molecule has 1 aliphatic rings. The minimum atomic E-state index is -0.289. The van der Waals surface area contributed by atoms with Crippen molar-refractivity contribution < 1.29 is 14.3 Å². The van der Waals surface area contributed by atoms with Crippen LogP contribution in [-0.4, -0.2) is 53.9 Å². The molecule has 0 aliphatic carbocycles. The zero-order valence-electron chi connectivity index (χ0n) is 13.4. The van der Waals surface area contributed by atoms with E-state index in [4.69, 9.17) is 16.3 Å². The third-order valence-corrected chi connectivity index (χ3v) is 4.31. The van der Waals surface area contributed by atoms with Gasteiger partial charge in [0.15, 0.2) is 0 Å². The monoisotopic (exact) mass is 338 g/mol. The Morgan fingerprint density at radius 2 is 2.09 bits per heavy atom. The molecule has 1 fully saturated rings. The lowest BCUT2D eigenvalue weighted by molar-refractivity contribution is -0.128. The Morgan fingerprint density at radius 1 is 1.35 bits per heavy atom. The van der Waals surface area contributed by atoms with Crippen LogP contribution in [0, 0.1) is 5.92 Å². The van der Waals surface area contributed by atoms with Crippen LogP contribution in [0.2, 0.25) is 0 Å². The number of rotatable bonds is 6. The number of hydrogen-bond donors (Lipinski definition) is 0. The Morgan fingerprint density at radius 3 is 2.74 bits per heavy atom. The van der Waals surface area contributed by atoms with Gasteiger partial charge in [0.2, 0.25) is 5.91 Å². The molecule has 1 saturated heterocycles. The Bertz CT molecular complexity index is 524. The SMILES string of the molecule is CCN(C[C@@H]1CCN(C(=O)OCc2ccccc2)C1)C(=O)CCl. The zero-order chi connectivity index (χ0) is 16.7. The summed E-state index contributed by atoms with van der Waals surface area (Å²) >= 11 is 5.61. The van der Waals surface area contributed by atoms with Gasteiger partial charge in [-0.1, -0.05) is 30.3 Å². The van der Waals surface area contributed by atoms with Crippen LogP contribution in [0.3, 0.4) is 0 Å². The summed E-state index contributed by atoms with van der Waals surface area (Å²) in [6.07, 6.45) is 0.593. The second-order valence-electron chi connectivity index (χ2n) is 5.71. The second-order valence-corrected chi connectivity index (χ2v) is 5.97. The number of carbonyl (C=O) groups excluding carboxylic acids is 2. The molecule has 1 aromatic rings. The van der Waals surface area contributed by atoms with Gasteiger partial charge in [-0.05, 0) is 24.8 Å². The minimum Gasteiger partial charge on any atom is -0.445 e. The van der Waals surface area contributed by atoms with Gasteiger partial charge in [0.05, 0.1) is 0 Å². The lowest BCUT2D eigenvalue weighted by Gasteiger charge is -2.23. The lowest BCUT2D eigenvalue weighted by atomic mass is 10.1. The fraction of sp³-hybridized carbons (Fsp3) is 0.529. The van der Waals surface area contributed by atoms with Gasteiger partial charge >= 0.3 is 6.09 Å². The van der Waals surface area contributed by atoms with Gasteiger partial charge in [-0.25, -0.2) is 4.79 Å². The number of likely N-dealkylation sites (tertiary alicyclic amines) is 1. The summed E-state index contributed by atoms with van der Waals surface area (Å²) in [5.74, 6) is 0.231.